The molecular formula is C19H18O2. The molecule has 0 bridgehead atoms. The molecule has 0 fully saturated rings. The summed E-state index contributed by atoms with van der Waals surface area (Å²) < 4.78 is 5.24. The van der Waals surface area contributed by atoms with Gasteiger partial charge in [-0.3, -0.25) is 4.79 Å². The first-order valence-corrected chi connectivity index (χ1v) is 7.14. The Morgan fingerprint density at radius 1 is 0.952 bits per heavy atom. The summed E-state index contributed by atoms with van der Waals surface area (Å²) in [4.78, 5) is 12.0. The van der Waals surface area contributed by atoms with Crippen LogP contribution in [0.1, 0.15) is 24.0 Å². The Hall–Kier alpha value is -2.35. The van der Waals surface area contributed by atoms with E-state index in [2.05, 4.69) is 24.3 Å². The molecule has 0 spiro atoms. The molecule has 21 heavy (non-hydrogen) atoms. The van der Waals surface area contributed by atoms with Gasteiger partial charge in [-0.25, -0.2) is 0 Å². The van der Waals surface area contributed by atoms with Crippen molar-refractivity contribution in [1.29, 1.82) is 0 Å². The van der Waals surface area contributed by atoms with Crippen LogP contribution in [-0.2, 0) is 10.2 Å². The lowest BCUT2D eigenvalue weighted by Gasteiger charge is -2.35. The van der Waals surface area contributed by atoms with Gasteiger partial charge in [-0.1, -0.05) is 48.5 Å². The van der Waals surface area contributed by atoms with Crippen LogP contribution in [0, 0.1) is 0 Å². The number of allylic oxidation sites excluding steroid dienone is 2. The van der Waals surface area contributed by atoms with E-state index in [1.807, 2.05) is 36.4 Å². The molecule has 0 saturated heterocycles. The minimum Gasteiger partial charge on any atom is -0.497 e. The molecule has 2 nitrogen and oxygen atoms in total. The molecule has 0 unspecified atom stereocenters. The summed E-state index contributed by atoms with van der Waals surface area (Å²) in [7, 11) is 1.66. The Morgan fingerprint density at radius 3 is 2.24 bits per heavy atom. The molecule has 2 heteroatoms. The molecular weight excluding hydrogens is 260 g/mol. The number of hydrogen-bond donors (Lipinski definition) is 0. The normalized spacial score (nSPS) is 21.3. The smallest absolute Gasteiger partial charge is 0.156 e. The van der Waals surface area contributed by atoms with Crippen molar-refractivity contribution >= 4 is 5.78 Å². The van der Waals surface area contributed by atoms with Crippen molar-refractivity contribution in [1.82, 2.24) is 0 Å². The number of benzene rings is 2. The highest BCUT2D eigenvalue weighted by molar-refractivity contribution is 5.92. The Balaban J connectivity index is 2.12. The predicted octanol–water partition coefficient (Wildman–Crippen LogP) is 3.90. The molecule has 2 aromatic rings. The van der Waals surface area contributed by atoms with E-state index in [1.54, 1.807) is 13.2 Å². The molecule has 0 aromatic heterocycles. The van der Waals surface area contributed by atoms with Crippen molar-refractivity contribution < 1.29 is 9.53 Å². The topological polar surface area (TPSA) is 26.3 Å². The highest BCUT2D eigenvalue weighted by Crippen LogP contribution is 2.42. The van der Waals surface area contributed by atoms with Gasteiger partial charge >= 0.3 is 0 Å². The van der Waals surface area contributed by atoms with Crippen LogP contribution in [0.3, 0.4) is 0 Å². The first-order valence-electron chi connectivity index (χ1n) is 7.14. The molecule has 0 N–H and O–H groups in total. The second kappa shape index (κ2) is 5.57. The van der Waals surface area contributed by atoms with E-state index in [1.165, 1.54) is 5.56 Å². The standard InChI is InChI=1S/C19H18O2/c1-21-18-11-9-16(10-12-18)19(13-5-8-17(20)14-19)15-6-3-2-4-7-15/h2-12H,13-14H2,1H3/t19-/m1/s1. The third kappa shape index (κ3) is 2.49. The van der Waals surface area contributed by atoms with Gasteiger partial charge in [0, 0.05) is 11.8 Å². The fourth-order valence-corrected chi connectivity index (χ4v) is 3.09. The van der Waals surface area contributed by atoms with E-state index in [0.717, 1.165) is 17.7 Å². The Labute approximate surface area is 125 Å². The zero-order valence-corrected chi connectivity index (χ0v) is 12.1. The molecule has 106 valence electrons. The van der Waals surface area contributed by atoms with Gasteiger partial charge in [0.15, 0.2) is 5.78 Å². The van der Waals surface area contributed by atoms with E-state index in [0.29, 0.717) is 6.42 Å². The van der Waals surface area contributed by atoms with Crippen molar-refractivity contribution in [3.05, 3.63) is 77.9 Å². The zero-order chi connectivity index (χ0) is 14.7. The van der Waals surface area contributed by atoms with Crippen LogP contribution in [0.4, 0.5) is 0 Å². The first-order chi connectivity index (χ1) is 10.2. The summed E-state index contributed by atoms with van der Waals surface area (Å²) in [5.41, 5.74) is 2.08. The van der Waals surface area contributed by atoms with E-state index >= 15 is 0 Å². The SMILES string of the molecule is COc1ccc([C@]2(c3ccccc3)CC=CC(=O)C2)cc1. The maximum absolute atomic E-state index is 12.0. The van der Waals surface area contributed by atoms with Crippen LogP contribution in [0.2, 0.25) is 0 Å². The molecule has 1 aliphatic rings. The number of ether oxygens (including phenoxy) is 1. The minimum atomic E-state index is -0.265. The van der Waals surface area contributed by atoms with Gasteiger partial charge < -0.3 is 4.74 Å². The van der Waals surface area contributed by atoms with Crippen LogP contribution in [0.25, 0.3) is 0 Å². The molecule has 0 heterocycles. The highest BCUT2D eigenvalue weighted by atomic mass is 16.5. The second-order valence-electron chi connectivity index (χ2n) is 5.43. The van der Waals surface area contributed by atoms with Crippen molar-refractivity contribution in [3.63, 3.8) is 0 Å². The molecule has 0 amide bonds. The molecule has 1 atom stereocenters. The van der Waals surface area contributed by atoms with Gasteiger partial charge in [-0.05, 0) is 35.8 Å². The van der Waals surface area contributed by atoms with Crippen molar-refractivity contribution in [2.24, 2.45) is 0 Å². The molecule has 0 aliphatic heterocycles. The van der Waals surface area contributed by atoms with Gasteiger partial charge in [-0.2, -0.15) is 0 Å². The lowest BCUT2D eigenvalue weighted by molar-refractivity contribution is -0.115. The van der Waals surface area contributed by atoms with E-state index in [9.17, 15) is 4.79 Å². The number of rotatable bonds is 3. The predicted molar refractivity (Wildman–Crippen MR) is 83.6 cm³/mol. The number of hydrogen-bond acceptors (Lipinski definition) is 2. The largest absolute Gasteiger partial charge is 0.497 e. The third-order valence-electron chi connectivity index (χ3n) is 4.22. The Bertz CT molecular complexity index is 656. The Kier molecular flexibility index (Phi) is 3.61. The molecule has 3 rings (SSSR count). The van der Waals surface area contributed by atoms with Crippen molar-refractivity contribution in [2.45, 2.75) is 18.3 Å². The average molecular weight is 278 g/mol. The molecule has 1 aliphatic carbocycles. The van der Waals surface area contributed by atoms with Crippen molar-refractivity contribution in [3.8, 4) is 5.75 Å². The number of carbonyl (C=O) groups excluding carboxylic acids is 1. The van der Waals surface area contributed by atoms with Gasteiger partial charge in [0.05, 0.1) is 7.11 Å². The maximum Gasteiger partial charge on any atom is 0.156 e. The quantitative estimate of drug-likeness (QED) is 0.851. The fraction of sp³-hybridized carbons (Fsp3) is 0.211. The van der Waals surface area contributed by atoms with Crippen LogP contribution in [0.5, 0.6) is 5.75 Å². The van der Waals surface area contributed by atoms with E-state index < -0.39 is 0 Å². The summed E-state index contributed by atoms with van der Waals surface area (Å²) in [6.07, 6.45) is 5.04. The summed E-state index contributed by atoms with van der Waals surface area (Å²) in [5.74, 6) is 1.01. The van der Waals surface area contributed by atoms with E-state index in [-0.39, 0.29) is 11.2 Å². The summed E-state index contributed by atoms with van der Waals surface area (Å²) in [5, 5.41) is 0. The minimum absolute atomic E-state index is 0.181. The van der Waals surface area contributed by atoms with Crippen molar-refractivity contribution in [2.75, 3.05) is 7.11 Å². The molecule has 2 aromatic carbocycles. The summed E-state index contributed by atoms with van der Waals surface area (Å²) >= 11 is 0. The number of methoxy groups -OCH3 is 1. The monoisotopic (exact) mass is 278 g/mol. The third-order valence-corrected chi connectivity index (χ3v) is 4.22. The zero-order valence-electron chi connectivity index (χ0n) is 12.1. The van der Waals surface area contributed by atoms with Crippen LogP contribution in [-0.4, -0.2) is 12.9 Å². The fourth-order valence-electron chi connectivity index (χ4n) is 3.09. The number of carbonyl (C=O) groups is 1. The van der Waals surface area contributed by atoms with Gasteiger partial charge in [0.25, 0.3) is 0 Å². The lowest BCUT2D eigenvalue weighted by atomic mass is 9.67. The van der Waals surface area contributed by atoms with Crippen LogP contribution >= 0.6 is 0 Å². The van der Waals surface area contributed by atoms with Crippen LogP contribution < -0.4 is 4.74 Å². The average Bonchev–Trinajstić information content (AvgIpc) is 2.55. The summed E-state index contributed by atoms with van der Waals surface area (Å²) in [6, 6.07) is 18.3. The first kappa shape index (κ1) is 13.6. The van der Waals surface area contributed by atoms with Gasteiger partial charge in [0.1, 0.15) is 5.75 Å². The van der Waals surface area contributed by atoms with Crippen LogP contribution in [0.15, 0.2) is 66.7 Å². The summed E-state index contributed by atoms with van der Waals surface area (Å²) in [6.45, 7) is 0. The maximum atomic E-state index is 12.0. The highest BCUT2D eigenvalue weighted by Gasteiger charge is 2.36. The van der Waals surface area contributed by atoms with E-state index in [4.69, 9.17) is 4.74 Å². The van der Waals surface area contributed by atoms with Gasteiger partial charge in [-0.15, -0.1) is 0 Å². The molecule has 0 radical (unpaired) electrons. The number of ketones is 1. The van der Waals surface area contributed by atoms with Gasteiger partial charge in [0.2, 0.25) is 0 Å². The molecule has 0 saturated carbocycles. The lowest BCUT2D eigenvalue weighted by Crippen LogP contribution is -2.32. The second-order valence-corrected chi connectivity index (χ2v) is 5.43. The Morgan fingerprint density at radius 2 is 1.62 bits per heavy atom.